The monoisotopic (exact) mass is 756 g/mol. The predicted octanol–water partition coefficient (Wildman–Crippen LogP) is 14.3. The van der Waals surface area contributed by atoms with Crippen molar-refractivity contribution >= 4 is 34.1 Å². The van der Waals surface area contributed by atoms with Crippen LogP contribution in [0, 0.1) is 37.5 Å². The minimum atomic E-state index is -0.248. The number of aryl methyl sites for hydroxylation is 2. The quantitative estimate of drug-likeness (QED) is 0.156. The first-order valence-corrected chi connectivity index (χ1v) is 20.2. The van der Waals surface area contributed by atoms with Crippen molar-refractivity contribution in [2.75, 3.05) is 9.80 Å². The van der Waals surface area contributed by atoms with E-state index in [0.29, 0.717) is 0 Å². The van der Waals surface area contributed by atoms with Gasteiger partial charge in [0.15, 0.2) is 0 Å². The first kappa shape index (κ1) is 37.1. The van der Waals surface area contributed by atoms with Crippen LogP contribution in [-0.2, 0) is 5.41 Å². The smallest absolute Gasteiger partial charge is 0.0465 e. The number of anilines is 6. The van der Waals surface area contributed by atoms with E-state index >= 15 is 0 Å². The van der Waals surface area contributed by atoms with Gasteiger partial charge in [0.2, 0.25) is 0 Å². The highest BCUT2D eigenvalue weighted by molar-refractivity contribution is 5.88. The second kappa shape index (κ2) is 15.8. The van der Waals surface area contributed by atoms with Crippen molar-refractivity contribution in [3.8, 4) is 34.8 Å². The molecule has 0 aromatic heterocycles. The summed E-state index contributed by atoms with van der Waals surface area (Å²) in [7, 11) is 0. The van der Waals surface area contributed by atoms with E-state index in [9.17, 15) is 0 Å². The van der Waals surface area contributed by atoms with Gasteiger partial charge in [-0.3, -0.25) is 0 Å². The van der Waals surface area contributed by atoms with E-state index in [1.807, 2.05) is 60.7 Å². The van der Waals surface area contributed by atoms with Gasteiger partial charge in [-0.15, -0.1) is 0 Å². The van der Waals surface area contributed by atoms with Crippen LogP contribution in [-0.4, -0.2) is 0 Å². The minimum absolute atomic E-state index is 0.248. The SMILES string of the molecule is Cc1ccc(N(c2ccc(C#Cc3ccccc3)cc2)c2ccc3c(c2)C(C)(C)c2cc(N(c4ccc(C)cc4)c4ccc(C#Cc5ccccc5)cc4)ccc2-3)cc1. The molecule has 0 amide bonds. The maximum atomic E-state index is 3.34. The van der Waals surface area contributed by atoms with Crippen LogP contribution in [0.2, 0.25) is 0 Å². The minimum Gasteiger partial charge on any atom is -0.310 e. The van der Waals surface area contributed by atoms with Gasteiger partial charge in [-0.1, -0.05) is 121 Å². The molecule has 1 aliphatic rings. The highest BCUT2D eigenvalue weighted by Gasteiger charge is 2.37. The van der Waals surface area contributed by atoms with Crippen molar-refractivity contribution in [2.45, 2.75) is 33.1 Å². The van der Waals surface area contributed by atoms with Gasteiger partial charge in [0.1, 0.15) is 0 Å². The summed E-state index contributed by atoms with van der Waals surface area (Å²) < 4.78 is 0. The second-order valence-corrected chi connectivity index (χ2v) is 15.8. The molecule has 2 nitrogen and oxygen atoms in total. The Morgan fingerprint density at radius 2 is 0.610 bits per heavy atom. The van der Waals surface area contributed by atoms with Crippen LogP contribution in [0.25, 0.3) is 11.1 Å². The van der Waals surface area contributed by atoms with Crippen LogP contribution in [0.4, 0.5) is 34.1 Å². The van der Waals surface area contributed by atoms with Gasteiger partial charge in [-0.2, -0.15) is 0 Å². The summed E-state index contributed by atoms with van der Waals surface area (Å²) in [5, 5.41) is 0. The molecule has 0 heterocycles. The Bertz CT molecular complexity index is 2680. The van der Waals surface area contributed by atoms with Crippen LogP contribution in [0.1, 0.15) is 58.4 Å². The van der Waals surface area contributed by atoms with E-state index in [4.69, 9.17) is 0 Å². The number of fused-ring (bicyclic) bond motifs is 3. The largest absolute Gasteiger partial charge is 0.310 e. The molecule has 0 radical (unpaired) electrons. The molecule has 0 atom stereocenters. The van der Waals surface area contributed by atoms with Crippen LogP contribution >= 0.6 is 0 Å². The summed E-state index contributed by atoms with van der Waals surface area (Å²) in [6.07, 6.45) is 0. The molecule has 8 aromatic carbocycles. The topological polar surface area (TPSA) is 6.48 Å². The lowest BCUT2D eigenvalue weighted by molar-refractivity contribution is 0.660. The Balaban J connectivity index is 1.07. The Hall–Kier alpha value is -7.52. The summed E-state index contributed by atoms with van der Waals surface area (Å²) in [5.41, 5.74) is 18.0. The molecular weight excluding hydrogens is 713 g/mol. The highest BCUT2D eigenvalue weighted by atomic mass is 15.1. The van der Waals surface area contributed by atoms with Crippen molar-refractivity contribution in [3.05, 3.63) is 239 Å². The Morgan fingerprint density at radius 1 is 0.322 bits per heavy atom. The molecule has 0 fully saturated rings. The summed E-state index contributed by atoms with van der Waals surface area (Å²) in [5.74, 6) is 13.3. The van der Waals surface area contributed by atoms with E-state index in [-0.39, 0.29) is 5.41 Å². The first-order valence-electron chi connectivity index (χ1n) is 20.2. The molecule has 0 unspecified atom stereocenters. The lowest BCUT2D eigenvalue weighted by atomic mass is 9.82. The molecule has 59 heavy (non-hydrogen) atoms. The zero-order valence-corrected chi connectivity index (χ0v) is 33.9. The maximum absolute atomic E-state index is 3.34. The molecule has 0 bridgehead atoms. The molecule has 2 heteroatoms. The average molecular weight is 757 g/mol. The van der Waals surface area contributed by atoms with E-state index in [1.54, 1.807) is 0 Å². The van der Waals surface area contributed by atoms with Crippen molar-refractivity contribution in [2.24, 2.45) is 0 Å². The van der Waals surface area contributed by atoms with E-state index in [2.05, 4.69) is 195 Å². The predicted molar refractivity (Wildman–Crippen MR) is 248 cm³/mol. The molecule has 282 valence electrons. The third-order valence-electron chi connectivity index (χ3n) is 11.2. The lowest BCUT2D eigenvalue weighted by Crippen LogP contribution is -2.17. The van der Waals surface area contributed by atoms with Crippen LogP contribution < -0.4 is 9.80 Å². The van der Waals surface area contributed by atoms with Crippen molar-refractivity contribution in [3.63, 3.8) is 0 Å². The standard InChI is InChI=1S/C57H44N2/c1-41-15-27-47(28-16-41)58(49-31-23-45(24-32-49)21-19-43-11-7-5-8-12-43)51-35-37-53-54-38-36-52(40-56(54)57(3,4)55(53)39-51)59(48-29-17-42(2)18-30-48)50-33-25-46(26-34-50)22-20-44-13-9-6-10-14-44/h5-18,23-40H,1-4H3. The highest BCUT2D eigenvalue weighted by Crippen LogP contribution is 2.52. The zero-order valence-electron chi connectivity index (χ0n) is 33.9. The van der Waals surface area contributed by atoms with Gasteiger partial charge in [0.25, 0.3) is 0 Å². The zero-order chi connectivity index (χ0) is 40.3. The number of nitrogens with zero attached hydrogens (tertiary/aromatic N) is 2. The Labute approximate surface area is 349 Å². The number of hydrogen-bond donors (Lipinski definition) is 0. The number of benzene rings is 8. The molecule has 1 aliphatic carbocycles. The fourth-order valence-corrected chi connectivity index (χ4v) is 7.99. The summed E-state index contributed by atoms with van der Waals surface area (Å²) in [6.45, 7) is 8.99. The van der Waals surface area contributed by atoms with Crippen LogP contribution in [0.3, 0.4) is 0 Å². The van der Waals surface area contributed by atoms with Crippen LogP contribution in [0.5, 0.6) is 0 Å². The van der Waals surface area contributed by atoms with Crippen molar-refractivity contribution in [1.82, 2.24) is 0 Å². The van der Waals surface area contributed by atoms with Gasteiger partial charge >= 0.3 is 0 Å². The maximum Gasteiger partial charge on any atom is 0.0465 e. The van der Waals surface area contributed by atoms with Gasteiger partial charge in [-0.25, -0.2) is 0 Å². The molecule has 0 spiro atoms. The van der Waals surface area contributed by atoms with Gasteiger partial charge in [0.05, 0.1) is 0 Å². The Morgan fingerprint density at radius 3 is 0.949 bits per heavy atom. The normalized spacial score (nSPS) is 11.9. The molecule has 9 rings (SSSR count). The molecule has 0 saturated heterocycles. The van der Waals surface area contributed by atoms with Crippen molar-refractivity contribution in [1.29, 1.82) is 0 Å². The second-order valence-electron chi connectivity index (χ2n) is 15.8. The molecule has 0 aliphatic heterocycles. The molecule has 0 N–H and O–H groups in total. The van der Waals surface area contributed by atoms with E-state index in [1.165, 1.54) is 33.4 Å². The van der Waals surface area contributed by atoms with Gasteiger partial charge in [-0.05, 0) is 157 Å². The van der Waals surface area contributed by atoms with Gasteiger partial charge < -0.3 is 9.80 Å². The molecular formula is C57H44N2. The fraction of sp³-hybridized carbons (Fsp3) is 0.0877. The first-order chi connectivity index (χ1) is 28.8. The third kappa shape index (κ3) is 7.66. The molecule has 8 aromatic rings. The summed E-state index contributed by atoms with van der Waals surface area (Å²) in [6, 6.07) is 69.0. The Kier molecular flexibility index (Phi) is 9.92. The number of rotatable bonds is 6. The van der Waals surface area contributed by atoms with Crippen LogP contribution in [0.15, 0.2) is 194 Å². The van der Waals surface area contributed by atoms with E-state index in [0.717, 1.165) is 56.4 Å². The lowest BCUT2D eigenvalue weighted by Gasteiger charge is -2.29. The fourth-order valence-electron chi connectivity index (χ4n) is 7.99. The van der Waals surface area contributed by atoms with E-state index < -0.39 is 0 Å². The third-order valence-corrected chi connectivity index (χ3v) is 11.2. The molecule has 0 saturated carbocycles. The average Bonchev–Trinajstić information content (AvgIpc) is 3.50. The summed E-state index contributed by atoms with van der Waals surface area (Å²) in [4.78, 5) is 4.71. The van der Waals surface area contributed by atoms with Crippen molar-refractivity contribution < 1.29 is 0 Å². The van der Waals surface area contributed by atoms with Gasteiger partial charge in [0, 0.05) is 61.8 Å². The number of hydrogen-bond acceptors (Lipinski definition) is 2. The summed E-state index contributed by atoms with van der Waals surface area (Å²) >= 11 is 0.